The summed E-state index contributed by atoms with van der Waals surface area (Å²) in [6, 6.07) is -0.448. The Kier molecular flexibility index (Phi) is 40.3. The molecule has 382 valence electrons. The molecular weight excluding hydrogens is 817 g/mol. The molecule has 0 saturated carbocycles. The Balaban J connectivity index is 2.45. The molecule has 1 aliphatic rings. The predicted molar refractivity (Wildman–Crippen MR) is 268 cm³/mol. The van der Waals surface area contributed by atoms with E-state index in [4.69, 9.17) is 18.9 Å². The molecule has 2 atom stereocenters. The summed E-state index contributed by atoms with van der Waals surface area (Å²) >= 11 is 0. The number of hydrogen-bond donors (Lipinski definition) is 0. The average molecular weight is 921 g/mol. The normalized spacial score (nSPS) is 15.3. The molecule has 10 nitrogen and oxygen atoms in total. The van der Waals surface area contributed by atoms with Crippen molar-refractivity contribution < 1.29 is 38.1 Å². The van der Waals surface area contributed by atoms with Gasteiger partial charge in [-0.15, -0.1) is 0 Å². The molecule has 1 heterocycles. The van der Waals surface area contributed by atoms with Crippen molar-refractivity contribution >= 4 is 23.9 Å². The first-order valence-electron chi connectivity index (χ1n) is 27.7. The highest BCUT2D eigenvalue weighted by Gasteiger charge is 2.39. The van der Waals surface area contributed by atoms with Crippen molar-refractivity contribution in [3.05, 3.63) is 0 Å². The zero-order chi connectivity index (χ0) is 47.6. The summed E-state index contributed by atoms with van der Waals surface area (Å²) < 4.78 is 23.3. The summed E-state index contributed by atoms with van der Waals surface area (Å²) in [5.41, 5.74) is 0. The Morgan fingerprint density at radius 2 is 0.985 bits per heavy atom. The van der Waals surface area contributed by atoms with E-state index in [0.29, 0.717) is 58.5 Å². The van der Waals surface area contributed by atoms with Gasteiger partial charge in [0.15, 0.2) is 0 Å². The van der Waals surface area contributed by atoms with Crippen LogP contribution >= 0.6 is 0 Å². The minimum atomic E-state index is -0.448. The van der Waals surface area contributed by atoms with Crippen molar-refractivity contribution in [3.63, 3.8) is 0 Å². The SMILES string of the molecule is CCCCCCCCC(CCCCCCCC)OC(=O)CCCCCCCOC(=O)[C@@H]1CC(OC(=O)CCN(C)C)CN1CCCCCC(=O)OCCCC(CCCCC)CCCCC. The van der Waals surface area contributed by atoms with Gasteiger partial charge in [0, 0.05) is 32.4 Å². The molecule has 1 unspecified atom stereocenters. The molecule has 0 aromatic heterocycles. The number of ether oxygens (including phenoxy) is 4. The first-order chi connectivity index (χ1) is 31.6. The fourth-order valence-corrected chi connectivity index (χ4v) is 9.17. The van der Waals surface area contributed by atoms with Gasteiger partial charge in [-0.1, -0.05) is 169 Å². The van der Waals surface area contributed by atoms with E-state index in [9.17, 15) is 19.2 Å². The Labute approximate surface area is 400 Å². The molecule has 0 amide bonds. The highest BCUT2D eigenvalue weighted by Crippen LogP contribution is 2.25. The lowest BCUT2D eigenvalue weighted by Gasteiger charge is -2.22. The summed E-state index contributed by atoms with van der Waals surface area (Å²) in [5.74, 6) is 0.0875. The Morgan fingerprint density at radius 1 is 0.508 bits per heavy atom. The Hall–Kier alpha value is -2.20. The topological polar surface area (TPSA) is 112 Å². The van der Waals surface area contributed by atoms with Gasteiger partial charge in [0.2, 0.25) is 0 Å². The van der Waals surface area contributed by atoms with E-state index in [1.807, 2.05) is 19.0 Å². The second kappa shape index (κ2) is 43.1. The van der Waals surface area contributed by atoms with Gasteiger partial charge < -0.3 is 23.8 Å². The van der Waals surface area contributed by atoms with Crippen LogP contribution in [0.5, 0.6) is 0 Å². The first-order valence-corrected chi connectivity index (χ1v) is 27.7. The van der Waals surface area contributed by atoms with Gasteiger partial charge in [0.25, 0.3) is 0 Å². The summed E-state index contributed by atoms with van der Waals surface area (Å²) in [7, 11) is 3.86. The minimum absolute atomic E-state index is 0.0497. The zero-order valence-corrected chi connectivity index (χ0v) is 43.5. The van der Waals surface area contributed by atoms with Crippen LogP contribution < -0.4 is 0 Å². The Bertz CT molecular complexity index is 1120. The predicted octanol–water partition coefficient (Wildman–Crippen LogP) is 13.9. The van der Waals surface area contributed by atoms with Gasteiger partial charge in [0.05, 0.1) is 19.6 Å². The fourth-order valence-electron chi connectivity index (χ4n) is 9.17. The number of nitrogens with zero attached hydrogens (tertiary/aromatic N) is 2. The number of hydrogen-bond acceptors (Lipinski definition) is 10. The minimum Gasteiger partial charge on any atom is -0.466 e. The van der Waals surface area contributed by atoms with E-state index in [1.165, 1.54) is 116 Å². The third-order valence-corrected chi connectivity index (χ3v) is 13.3. The molecule has 0 aliphatic carbocycles. The van der Waals surface area contributed by atoms with Crippen LogP contribution in [0.2, 0.25) is 0 Å². The van der Waals surface area contributed by atoms with Crippen molar-refractivity contribution in [2.24, 2.45) is 5.92 Å². The average Bonchev–Trinajstić information content (AvgIpc) is 3.69. The molecule has 65 heavy (non-hydrogen) atoms. The van der Waals surface area contributed by atoms with Crippen LogP contribution in [0.1, 0.15) is 259 Å². The number of unbranched alkanes of at least 4 members (excludes halogenated alkanes) is 20. The van der Waals surface area contributed by atoms with Crippen molar-refractivity contribution in [2.45, 2.75) is 277 Å². The molecule has 0 aromatic rings. The van der Waals surface area contributed by atoms with Gasteiger partial charge in [-0.2, -0.15) is 0 Å². The maximum atomic E-state index is 13.4. The van der Waals surface area contributed by atoms with Crippen LogP contribution in [0, 0.1) is 5.92 Å². The molecule has 1 rings (SSSR count). The van der Waals surface area contributed by atoms with E-state index < -0.39 is 6.04 Å². The smallest absolute Gasteiger partial charge is 0.323 e. The summed E-state index contributed by atoms with van der Waals surface area (Å²) in [5, 5.41) is 0. The van der Waals surface area contributed by atoms with E-state index >= 15 is 0 Å². The molecule has 1 fully saturated rings. The van der Waals surface area contributed by atoms with Gasteiger partial charge in [-0.3, -0.25) is 24.1 Å². The van der Waals surface area contributed by atoms with Gasteiger partial charge in [-0.25, -0.2) is 0 Å². The van der Waals surface area contributed by atoms with Crippen LogP contribution in [0.15, 0.2) is 0 Å². The van der Waals surface area contributed by atoms with Crippen molar-refractivity contribution in [2.75, 3.05) is 46.9 Å². The lowest BCUT2D eigenvalue weighted by atomic mass is 9.91. The summed E-state index contributed by atoms with van der Waals surface area (Å²) in [6.07, 6.45) is 37.7. The molecule has 0 N–H and O–H groups in total. The molecule has 0 radical (unpaired) electrons. The quantitative estimate of drug-likeness (QED) is 0.0332. The molecule has 1 saturated heterocycles. The summed E-state index contributed by atoms with van der Waals surface area (Å²) in [4.78, 5) is 55.4. The maximum absolute atomic E-state index is 13.4. The standard InChI is InChI=1S/C55H104N2O8/c1-7-11-15-17-20-27-37-49(38-28-21-18-16-12-8-2)64-53(59)40-29-22-19-23-32-44-63-55(61)51-46-50(65-54(60)41-43-56(5)6)47-57(51)42-31-24-30-39-52(58)62-45-33-36-48(34-25-13-9-3)35-26-14-10-4/h48-51H,7-47H2,1-6H3/t50?,51-/m0/s1. The number of carbonyl (C=O) groups excluding carboxylic acids is 4. The highest BCUT2D eigenvalue weighted by molar-refractivity contribution is 5.76. The second-order valence-corrected chi connectivity index (χ2v) is 19.9. The van der Waals surface area contributed by atoms with Crippen molar-refractivity contribution in [1.29, 1.82) is 0 Å². The maximum Gasteiger partial charge on any atom is 0.323 e. The molecule has 0 bridgehead atoms. The van der Waals surface area contributed by atoms with Gasteiger partial charge in [-0.05, 0) is 90.8 Å². The summed E-state index contributed by atoms with van der Waals surface area (Å²) in [6.45, 7) is 11.7. The largest absolute Gasteiger partial charge is 0.466 e. The lowest BCUT2D eigenvalue weighted by Crippen LogP contribution is -2.38. The third kappa shape index (κ3) is 35.6. The zero-order valence-electron chi connectivity index (χ0n) is 43.5. The van der Waals surface area contributed by atoms with Gasteiger partial charge in [0.1, 0.15) is 18.2 Å². The van der Waals surface area contributed by atoms with E-state index in [2.05, 4.69) is 32.6 Å². The molecule has 0 spiro atoms. The van der Waals surface area contributed by atoms with Gasteiger partial charge >= 0.3 is 23.9 Å². The monoisotopic (exact) mass is 921 g/mol. The third-order valence-electron chi connectivity index (χ3n) is 13.3. The number of carbonyl (C=O) groups is 4. The van der Waals surface area contributed by atoms with Crippen LogP contribution in [0.25, 0.3) is 0 Å². The number of esters is 4. The van der Waals surface area contributed by atoms with Crippen LogP contribution in [0.3, 0.4) is 0 Å². The fraction of sp³-hybridized carbons (Fsp3) is 0.927. The number of likely N-dealkylation sites (tertiary alicyclic amines) is 1. The highest BCUT2D eigenvalue weighted by atomic mass is 16.6. The molecule has 10 heteroatoms. The van der Waals surface area contributed by atoms with Crippen molar-refractivity contribution in [3.8, 4) is 0 Å². The van der Waals surface area contributed by atoms with Crippen molar-refractivity contribution in [1.82, 2.24) is 9.80 Å². The molecule has 1 aliphatic heterocycles. The van der Waals surface area contributed by atoms with E-state index in [0.717, 1.165) is 95.8 Å². The van der Waals surface area contributed by atoms with Crippen LogP contribution in [-0.2, 0) is 38.1 Å². The van der Waals surface area contributed by atoms with E-state index in [1.54, 1.807) is 0 Å². The lowest BCUT2D eigenvalue weighted by molar-refractivity contribution is -0.151. The molecular formula is C55H104N2O8. The first kappa shape index (κ1) is 60.8. The number of rotatable bonds is 46. The van der Waals surface area contributed by atoms with Crippen LogP contribution in [0.4, 0.5) is 0 Å². The Morgan fingerprint density at radius 3 is 1.58 bits per heavy atom. The second-order valence-electron chi connectivity index (χ2n) is 19.9. The molecule has 0 aromatic carbocycles. The van der Waals surface area contributed by atoms with E-state index in [-0.39, 0.29) is 36.1 Å². The van der Waals surface area contributed by atoms with Crippen LogP contribution in [-0.4, -0.2) is 98.9 Å².